The van der Waals surface area contributed by atoms with Gasteiger partial charge in [-0.05, 0) is 24.3 Å². The van der Waals surface area contributed by atoms with Crippen LogP contribution in [-0.2, 0) is 0 Å². The average Bonchev–Trinajstić information content (AvgIpc) is 3.21. The molecule has 0 saturated heterocycles. The van der Waals surface area contributed by atoms with Crippen LogP contribution in [0.1, 0.15) is 0 Å². The van der Waals surface area contributed by atoms with Gasteiger partial charge in [-0.25, -0.2) is 18.6 Å². The number of carbonyl (C=O) groups is 1. The Morgan fingerprint density at radius 1 is 0.862 bits per heavy atom. The van der Waals surface area contributed by atoms with Crippen molar-refractivity contribution in [3.05, 3.63) is 89.8 Å². The van der Waals surface area contributed by atoms with Crippen LogP contribution in [0, 0.1) is 11.6 Å². The first-order valence-electron chi connectivity index (χ1n) is 8.73. The molecule has 1 heterocycles. The van der Waals surface area contributed by atoms with E-state index >= 15 is 0 Å². The molecule has 3 aromatic carbocycles. The summed E-state index contributed by atoms with van der Waals surface area (Å²) in [5, 5.41) is 7.87. The summed E-state index contributed by atoms with van der Waals surface area (Å²) in [6.45, 7) is 0. The number of urea groups is 1. The third kappa shape index (κ3) is 4.47. The number of halogens is 2. The van der Waals surface area contributed by atoms with Crippen LogP contribution < -0.4 is 10.6 Å². The van der Waals surface area contributed by atoms with Crippen molar-refractivity contribution in [2.24, 2.45) is 0 Å². The third-order valence-electron chi connectivity index (χ3n) is 4.12. The van der Waals surface area contributed by atoms with Gasteiger partial charge in [-0.3, -0.25) is 0 Å². The summed E-state index contributed by atoms with van der Waals surface area (Å²) in [4.78, 5) is 16.8. The molecular formula is C22H15F2N3OS. The maximum Gasteiger partial charge on any atom is 0.323 e. The van der Waals surface area contributed by atoms with E-state index in [4.69, 9.17) is 0 Å². The van der Waals surface area contributed by atoms with E-state index in [1.54, 1.807) is 18.2 Å². The van der Waals surface area contributed by atoms with Crippen LogP contribution in [-0.4, -0.2) is 11.0 Å². The number of anilines is 2. The number of hydrogen-bond donors (Lipinski definition) is 2. The van der Waals surface area contributed by atoms with Crippen molar-refractivity contribution in [2.75, 3.05) is 10.6 Å². The van der Waals surface area contributed by atoms with Gasteiger partial charge in [0.15, 0.2) is 0 Å². The number of nitrogens with zero attached hydrogens (tertiary/aromatic N) is 1. The number of rotatable bonds is 4. The molecule has 0 aliphatic heterocycles. The second kappa shape index (κ2) is 8.20. The zero-order chi connectivity index (χ0) is 20.2. The lowest BCUT2D eigenvalue weighted by Crippen LogP contribution is -2.20. The van der Waals surface area contributed by atoms with Crippen molar-refractivity contribution in [3.8, 4) is 21.8 Å². The average molecular weight is 407 g/mol. The van der Waals surface area contributed by atoms with Crippen LogP contribution in [0.5, 0.6) is 0 Å². The van der Waals surface area contributed by atoms with Gasteiger partial charge in [0, 0.05) is 28.3 Å². The van der Waals surface area contributed by atoms with Gasteiger partial charge in [0.1, 0.15) is 16.6 Å². The zero-order valence-electron chi connectivity index (χ0n) is 15.0. The Kier molecular flexibility index (Phi) is 5.31. The Bertz CT molecular complexity index is 1160. The van der Waals surface area contributed by atoms with Crippen LogP contribution >= 0.6 is 11.3 Å². The summed E-state index contributed by atoms with van der Waals surface area (Å²) in [6.07, 6.45) is 0. The molecule has 1 aromatic heterocycles. The molecule has 144 valence electrons. The van der Waals surface area contributed by atoms with Crippen LogP contribution in [0.15, 0.2) is 78.2 Å². The minimum Gasteiger partial charge on any atom is -0.308 e. The summed E-state index contributed by atoms with van der Waals surface area (Å²) in [5.74, 6) is -1.55. The molecule has 2 N–H and O–H groups in total. The molecule has 7 heteroatoms. The molecule has 0 spiro atoms. The van der Waals surface area contributed by atoms with Gasteiger partial charge in [0.25, 0.3) is 0 Å². The summed E-state index contributed by atoms with van der Waals surface area (Å²) in [6, 6.07) is 19.4. The molecule has 0 aliphatic carbocycles. The van der Waals surface area contributed by atoms with Crippen molar-refractivity contribution in [2.45, 2.75) is 0 Å². The fraction of sp³-hybridized carbons (Fsp3) is 0. The van der Waals surface area contributed by atoms with E-state index < -0.39 is 17.7 Å². The maximum atomic E-state index is 13.7. The van der Waals surface area contributed by atoms with Gasteiger partial charge in [-0.2, -0.15) is 0 Å². The Hall–Kier alpha value is -3.58. The van der Waals surface area contributed by atoms with E-state index in [0.717, 1.165) is 27.9 Å². The minimum absolute atomic E-state index is 0.105. The summed E-state index contributed by atoms with van der Waals surface area (Å²) in [5.41, 5.74) is 3.10. The van der Waals surface area contributed by atoms with E-state index in [-0.39, 0.29) is 5.69 Å². The topological polar surface area (TPSA) is 54.0 Å². The highest BCUT2D eigenvalue weighted by Crippen LogP contribution is 2.29. The SMILES string of the molecule is O=C(Nc1cccc(-c2csc(-c3ccccc3)n2)c1)Nc1ccc(F)cc1F. The Morgan fingerprint density at radius 3 is 2.45 bits per heavy atom. The quantitative estimate of drug-likeness (QED) is 0.411. The first-order chi connectivity index (χ1) is 14.1. The summed E-state index contributed by atoms with van der Waals surface area (Å²) in [7, 11) is 0. The predicted octanol–water partition coefficient (Wildman–Crippen LogP) is 6.40. The first kappa shape index (κ1) is 18.8. The zero-order valence-corrected chi connectivity index (χ0v) is 15.8. The molecule has 0 radical (unpaired) electrons. The molecule has 0 bridgehead atoms. The van der Waals surface area contributed by atoms with E-state index in [2.05, 4.69) is 15.6 Å². The molecule has 0 fully saturated rings. The molecule has 4 nitrogen and oxygen atoms in total. The number of amides is 2. The third-order valence-corrected chi connectivity index (χ3v) is 5.01. The number of nitrogens with one attached hydrogen (secondary N) is 2. The van der Waals surface area contributed by atoms with Gasteiger partial charge in [-0.15, -0.1) is 11.3 Å². The number of benzene rings is 3. The molecule has 2 amide bonds. The molecule has 0 unspecified atom stereocenters. The van der Waals surface area contributed by atoms with Gasteiger partial charge < -0.3 is 10.6 Å². The normalized spacial score (nSPS) is 10.6. The molecule has 29 heavy (non-hydrogen) atoms. The van der Waals surface area contributed by atoms with Crippen LogP contribution in [0.4, 0.5) is 25.0 Å². The number of thiazole rings is 1. The highest BCUT2D eigenvalue weighted by atomic mass is 32.1. The van der Waals surface area contributed by atoms with Crippen molar-refractivity contribution < 1.29 is 13.6 Å². The lowest BCUT2D eigenvalue weighted by Gasteiger charge is -2.09. The molecule has 0 saturated carbocycles. The summed E-state index contributed by atoms with van der Waals surface area (Å²) >= 11 is 1.54. The van der Waals surface area contributed by atoms with Gasteiger partial charge in [0.05, 0.1) is 11.4 Å². The highest BCUT2D eigenvalue weighted by Gasteiger charge is 2.10. The second-order valence-electron chi connectivity index (χ2n) is 6.19. The van der Waals surface area contributed by atoms with Crippen molar-refractivity contribution in [1.29, 1.82) is 0 Å². The molecule has 4 aromatic rings. The van der Waals surface area contributed by atoms with Crippen molar-refractivity contribution >= 4 is 28.7 Å². The summed E-state index contributed by atoms with van der Waals surface area (Å²) < 4.78 is 26.7. The predicted molar refractivity (Wildman–Crippen MR) is 112 cm³/mol. The smallest absolute Gasteiger partial charge is 0.308 e. The molecule has 0 atom stereocenters. The minimum atomic E-state index is -0.843. The van der Waals surface area contributed by atoms with Gasteiger partial charge in [0.2, 0.25) is 0 Å². The number of aromatic nitrogens is 1. The maximum absolute atomic E-state index is 13.7. The Labute approximate surface area is 169 Å². The van der Waals surface area contributed by atoms with Crippen LogP contribution in [0.2, 0.25) is 0 Å². The number of hydrogen-bond acceptors (Lipinski definition) is 3. The van der Waals surface area contributed by atoms with Gasteiger partial charge >= 0.3 is 6.03 Å². The standard InChI is InChI=1S/C22H15F2N3OS/c23-16-9-10-19(18(24)12-16)27-22(28)25-17-8-4-7-15(11-17)20-13-29-21(26-20)14-5-2-1-3-6-14/h1-13H,(H2,25,27,28). The first-order valence-corrected chi connectivity index (χ1v) is 9.61. The number of carbonyl (C=O) groups excluding carboxylic acids is 1. The van der Waals surface area contributed by atoms with Crippen molar-refractivity contribution in [3.63, 3.8) is 0 Å². The monoisotopic (exact) mass is 407 g/mol. The van der Waals surface area contributed by atoms with Crippen LogP contribution in [0.3, 0.4) is 0 Å². The van der Waals surface area contributed by atoms with Gasteiger partial charge in [-0.1, -0.05) is 42.5 Å². The molecule has 4 rings (SSSR count). The molecular weight excluding hydrogens is 392 g/mol. The second-order valence-corrected chi connectivity index (χ2v) is 7.05. The fourth-order valence-electron chi connectivity index (χ4n) is 2.75. The molecule has 0 aliphatic rings. The van der Waals surface area contributed by atoms with E-state index in [1.807, 2.05) is 41.8 Å². The highest BCUT2D eigenvalue weighted by molar-refractivity contribution is 7.13. The Morgan fingerprint density at radius 2 is 1.66 bits per heavy atom. The van der Waals surface area contributed by atoms with E-state index in [0.29, 0.717) is 11.8 Å². The van der Waals surface area contributed by atoms with E-state index in [9.17, 15) is 13.6 Å². The lowest BCUT2D eigenvalue weighted by atomic mass is 10.1. The van der Waals surface area contributed by atoms with Crippen LogP contribution in [0.25, 0.3) is 21.8 Å². The largest absolute Gasteiger partial charge is 0.323 e. The fourth-order valence-corrected chi connectivity index (χ4v) is 3.59. The Balaban J connectivity index is 1.49. The lowest BCUT2D eigenvalue weighted by molar-refractivity contribution is 0.262. The van der Waals surface area contributed by atoms with Crippen molar-refractivity contribution in [1.82, 2.24) is 4.98 Å². The van der Waals surface area contributed by atoms with E-state index in [1.165, 1.54) is 17.4 Å².